The third-order valence-electron chi connectivity index (χ3n) is 1.53. The van der Waals surface area contributed by atoms with Crippen LogP contribution in [0, 0.1) is 0 Å². The minimum absolute atomic E-state index is 1.01. The molecule has 0 N–H and O–H groups in total. The van der Waals surface area contributed by atoms with Gasteiger partial charge >= 0.3 is 0 Å². The maximum atomic E-state index is 4.46. The third-order valence-corrected chi connectivity index (χ3v) is 3.65. The van der Waals surface area contributed by atoms with E-state index in [-0.39, 0.29) is 0 Å². The van der Waals surface area contributed by atoms with Crippen molar-refractivity contribution < 1.29 is 0 Å². The van der Waals surface area contributed by atoms with Crippen molar-refractivity contribution in [3.63, 3.8) is 0 Å². The molecule has 2 heterocycles. The molecule has 1 aliphatic heterocycles. The Balaban J connectivity index is 2.22. The summed E-state index contributed by atoms with van der Waals surface area (Å²) < 4.78 is 0. The third kappa shape index (κ3) is 1.65. The Morgan fingerprint density at radius 1 is 1.45 bits per heavy atom. The lowest BCUT2D eigenvalue weighted by molar-refractivity contribution is 0.940. The van der Waals surface area contributed by atoms with Gasteiger partial charge in [-0.1, -0.05) is 6.07 Å². The van der Waals surface area contributed by atoms with E-state index in [2.05, 4.69) is 22.5 Å². The van der Waals surface area contributed by atoms with E-state index in [1.54, 1.807) is 11.3 Å². The topological polar surface area (TPSA) is 12.4 Å². The predicted molar refractivity (Wildman–Crippen MR) is 52.8 cm³/mol. The highest BCUT2D eigenvalue weighted by Crippen LogP contribution is 2.22. The molecule has 0 amide bonds. The van der Waals surface area contributed by atoms with Crippen molar-refractivity contribution in [3.05, 3.63) is 22.4 Å². The summed E-state index contributed by atoms with van der Waals surface area (Å²) in [5.74, 6) is 1.23. The first-order chi connectivity index (χ1) is 5.47. The first kappa shape index (κ1) is 7.37. The van der Waals surface area contributed by atoms with Gasteiger partial charge in [-0.25, -0.2) is 0 Å². The molecule has 0 aliphatic carbocycles. The fourth-order valence-corrected chi connectivity index (χ4v) is 2.82. The summed E-state index contributed by atoms with van der Waals surface area (Å²) in [4.78, 5) is 5.79. The summed E-state index contributed by atoms with van der Waals surface area (Å²) in [6.07, 6.45) is 1.24. The molecule has 2 rings (SSSR count). The molecule has 0 spiro atoms. The van der Waals surface area contributed by atoms with Gasteiger partial charge in [-0.3, -0.25) is 4.99 Å². The van der Waals surface area contributed by atoms with Crippen LogP contribution in [0.1, 0.15) is 11.3 Å². The maximum absolute atomic E-state index is 4.46. The quantitative estimate of drug-likeness (QED) is 0.652. The van der Waals surface area contributed by atoms with Crippen LogP contribution in [0.5, 0.6) is 0 Å². The zero-order valence-corrected chi connectivity index (χ0v) is 7.75. The fourth-order valence-electron chi connectivity index (χ4n) is 1.01. The lowest BCUT2D eigenvalue weighted by Crippen LogP contribution is -2.02. The van der Waals surface area contributed by atoms with Crippen LogP contribution in [0.2, 0.25) is 0 Å². The van der Waals surface area contributed by atoms with Crippen molar-refractivity contribution >= 4 is 28.1 Å². The number of hydrogen-bond donors (Lipinski definition) is 0. The first-order valence-electron chi connectivity index (χ1n) is 3.68. The number of hydrogen-bond acceptors (Lipinski definition) is 3. The van der Waals surface area contributed by atoms with Gasteiger partial charge in [0.1, 0.15) is 5.04 Å². The number of nitrogens with zero attached hydrogens (tertiary/aromatic N) is 1. The van der Waals surface area contributed by atoms with Gasteiger partial charge in [0.25, 0.3) is 0 Å². The van der Waals surface area contributed by atoms with Crippen molar-refractivity contribution in [1.82, 2.24) is 0 Å². The number of thiophene rings is 1. The monoisotopic (exact) mass is 183 g/mol. The van der Waals surface area contributed by atoms with Crippen molar-refractivity contribution in [2.24, 2.45) is 4.99 Å². The molecule has 1 aliphatic rings. The second-order valence-corrected chi connectivity index (χ2v) is 4.40. The second kappa shape index (κ2) is 3.41. The lowest BCUT2D eigenvalue weighted by atomic mass is 10.4. The molecule has 0 fully saturated rings. The molecule has 0 atom stereocenters. The van der Waals surface area contributed by atoms with Gasteiger partial charge in [0.2, 0.25) is 0 Å². The van der Waals surface area contributed by atoms with Crippen LogP contribution in [0.25, 0.3) is 0 Å². The van der Waals surface area contributed by atoms with E-state index >= 15 is 0 Å². The Kier molecular flexibility index (Phi) is 2.29. The van der Waals surface area contributed by atoms with Crippen molar-refractivity contribution in [3.8, 4) is 0 Å². The summed E-state index contributed by atoms with van der Waals surface area (Å²) in [7, 11) is 0. The SMILES string of the molecule is c1csc(C2=NCCCS2)c1. The number of rotatable bonds is 1. The Morgan fingerprint density at radius 2 is 2.45 bits per heavy atom. The molecule has 0 bridgehead atoms. The molecule has 0 saturated heterocycles. The van der Waals surface area contributed by atoms with Crippen molar-refractivity contribution in [2.75, 3.05) is 12.3 Å². The largest absolute Gasteiger partial charge is 0.277 e. The molecule has 0 saturated carbocycles. The first-order valence-corrected chi connectivity index (χ1v) is 5.54. The van der Waals surface area contributed by atoms with Crippen LogP contribution < -0.4 is 0 Å². The standard InChI is InChI=1S/C8H9NS2/c1-3-7(10-5-1)8-9-4-2-6-11-8/h1,3,5H,2,4,6H2. The van der Waals surface area contributed by atoms with Crippen molar-refractivity contribution in [2.45, 2.75) is 6.42 Å². The molecule has 11 heavy (non-hydrogen) atoms. The van der Waals surface area contributed by atoms with Gasteiger partial charge in [0.05, 0.1) is 4.88 Å². The van der Waals surface area contributed by atoms with Gasteiger partial charge in [-0.15, -0.1) is 23.1 Å². The second-order valence-electron chi connectivity index (χ2n) is 2.37. The summed E-state index contributed by atoms with van der Waals surface area (Å²) in [5.41, 5.74) is 0. The Hall–Kier alpha value is -0.280. The lowest BCUT2D eigenvalue weighted by Gasteiger charge is -2.08. The van der Waals surface area contributed by atoms with Crippen LogP contribution in [-0.4, -0.2) is 17.3 Å². The average Bonchev–Trinajstić information content (AvgIpc) is 2.58. The highest BCUT2D eigenvalue weighted by molar-refractivity contribution is 8.14. The fraction of sp³-hybridized carbons (Fsp3) is 0.375. The zero-order chi connectivity index (χ0) is 7.52. The molecule has 0 aromatic carbocycles. The van der Waals surface area contributed by atoms with Crippen LogP contribution >= 0.6 is 23.1 Å². The molecule has 0 radical (unpaired) electrons. The van der Waals surface area contributed by atoms with Gasteiger partial charge in [-0.2, -0.15) is 0 Å². The van der Waals surface area contributed by atoms with E-state index in [1.807, 2.05) is 11.8 Å². The van der Waals surface area contributed by atoms with E-state index in [1.165, 1.54) is 22.1 Å². The minimum atomic E-state index is 1.01. The van der Waals surface area contributed by atoms with Crippen LogP contribution in [-0.2, 0) is 0 Å². The number of aliphatic imine (C=N–C) groups is 1. The zero-order valence-electron chi connectivity index (χ0n) is 6.12. The van der Waals surface area contributed by atoms with Gasteiger partial charge < -0.3 is 0 Å². The number of thioether (sulfide) groups is 1. The molecule has 1 aromatic rings. The maximum Gasteiger partial charge on any atom is 0.108 e. The molecule has 0 unspecified atom stereocenters. The minimum Gasteiger partial charge on any atom is -0.277 e. The molecular weight excluding hydrogens is 174 g/mol. The van der Waals surface area contributed by atoms with E-state index in [4.69, 9.17) is 0 Å². The van der Waals surface area contributed by atoms with E-state index in [9.17, 15) is 0 Å². The van der Waals surface area contributed by atoms with Crippen LogP contribution in [0.15, 0.2) is 22.5 Å². The molecule has 1 nitrogen and oxygen atoms in total. The van der Waals surface area contributed by atoms with Gasteiger partial charge in [0, 0.05) is 12.3 Å². The molecule has 58 valence electrons. The molecular formula is C8H9NS2. The normalized spacial score (nSPS) is 18.0. The highest BCUT2D eigenvalue weighted by atomic mass is 32.2. The van der Waals surface area contributed by atoms with E-state index in [0.29, 0.717) is 0 Å². The smallest absolute Gasteiger partial charge is 0.108 e. The molecule has 1 aromatic heterocycles. The summed E-state index contributed by atoms with van der Waals surface area (Å²) in [6.45, 7) is 1.01. The van der Waals surface area contributed by atoms with Gasteiger partial charge in [0.15, 0.2) is 0 Å². The molecule has 3 heteroatoms. The van der Waals surface area contributed by atoms with Crippen molar-refractivity contribution in [1.29, 1.82) is 0 Å². The van der Waals surface area contributed by atoms with Crippen LogP contribution in [0.4, 0.5) is 0 Å². The highest BCUT2D eigenvalue weighted by Gasteiger charge is 2.08. The Labute approximate surface area is 74.5 Å². The summed E-state index contributed by atoms with van der Waals surface area (Å²) >= 11 is 3.66. The summed E-state index contributed by atoms with van der Waals surface area (Å²) in [5, 5.41) is 3.35. The van der Waals surface area contributed by atoms with Gasteiger partial charge in [-0.05, 0) is 17.9 Å². The Morgan fingerprint density at radius 3 is 3.09 bits per heavy atom. The van der Waals surface area contributed by atoms with E-state index in [0.717, 1.165) is 6.54 Å². The van der Waals surface area contributed by atoms with E-state index < -0.39 is 0 Å². The van der Waals surface area contributed by atoms with Crippen LogP contribution in [0.3, 0.4) is 0 Å². The predicted octanol–water partition coefficient (Wildman–Crippen LogP) is 2.63. The Bertz CT molecular complexity index is 251. The summed E-state index contributed by atoms with van der Waals surface area (Å²) in [6, 6.07) is 4.22. The average molecular weight is 183 g/mol.